The quantitative estimate of drug-likeness (QED) is 0.858. The molecule has 2 amide bonds. The van der Waals surface area contributed by atoms with Gasteiger partial charge in [0.1, 0.15) is 6.04 Å². The van der Waals surface area contributed by atoms with Gasteiger partial charge in [0.05, 0.1) is 5.92 Å². The molecule has 8 heteroatoms. The normalized spacial score (nSPS) is 23.3. The summed E-state index contributed by atoms with van der Waals surface area (Å²) < 4.78 is 10.9. The molecule has 2 saturated heterocycles. The molecule has 2 atom stereocenters. The van der Waals surface area contributed by atoms with Gasteiger partial charge >= 0.3 is 0 Å². The fraction of sp³-hybridized carbons (Fsp3) is 0.765. The first-order chi connectivity index (χ1) is 12.0. The second-order valence-corrected chi connectivity index (χ2v) is 7.26. The van der Waals surface area contributed by atoms with Crippen LogP contribution in [0.5, 0.6) is 0 Å². The SMILES string of the molecule is CC(C)c1noc(C(NC(=O)C2CC(=O)N(C)C2)C2CCOCC2)n1. The highest BCUT2D eigenvalue weighted by Crippen LogP contribution is 2.31. The molecule has 0 saturated carbocycles. The largest absolute Gasteiger partial charge is 0.381 e. The van der Waals surface area contributed by atoms with Crippen LogP contribution in [0.2, 0.25) is 0 Å². The van der Waals surface area contributed by atoms with Crippen LogP contribution in [0.1, 0.15) is 56.8 Å². The number of likely N-dealkylation sites (tertiary alicyclic amines) is 1. The molecule has 0 aliphatic carbocycles. The molecule has 3 rings (SSSR count). The Hall–Kier alpha value is -1.96. The molecule has 1 N–H and O–H groups in total. The van der Waals surface area contributed by atoms with E-state index >= 15 is 0 Å². The fourth-order valence-corrected chi connectivity index (χ4v) is 3.35. The number of nitrogens with one attached hydrogen (secondary N) is 1. The van der Waals surface area contributed by atoms with Crippen LogP contribution in [0.3, 0.4) is 0 Å². The van der Waals surface area contributed by atoms with E-state index in [4.69, 9.17) is 9.26 Å². The first-order valence-electron chi connectivity index (χ1n) is 8.91. The number of hydrogen-bond donors (Lipinski definition) is 1. The van der Waals surface area contributed by atoms with Crippen molar-refractivity contribution in [3.05, 3.63) is 11.7 Å². The van der Waals surface area contributed by atoms with Crippen LogP contribution in [-0.4, -0.2) is 53.7 Å². The van der Waals surface area contributed by atoms with E-state index in [1.165, 1.54) is 0 Å². The average molecular weight is 350 g/mol. The van der Waals surface area contributed by atoms with E-state index in [1.807, 2.05) is 13.8 Å². The molecule has 3 heterocycles. The van der Waals surface area contributed by atoms with Crippen molar-refractivity contribution in [2.24, 2.45) is 11.8 Å². The zero-order valence-corrected chi connectivity index (χ0v) is 15.0. The van der Waals surface area contributed by atoms with Crippen molar-refractivity contribution in [1.29, 1.82) is 0 Å². The highest BCUT2D eigenvalue weighted by atomic mass is 16.5. The van der Waals surface area contributed by atoms with Gasteiger partial charge in [-0.1, -0.05) is 19.0 Å². The van der Waals surface area contributed by atoms with Gasteiger partial charge in [-0.15, -0.1) is 0 Å². The van der Waals surface area contributed by atoms with Crippen LogP contribution in [0, 0.1) is 11.8 Å². The van der Waals surface area contributed by atoms with Gasteiger partial charge in [-0.2, -0.15) is 4.98 Å². The summed E-state index contributed by atoms with van der Waals surface area (Å²) in [4.78, 5) is 30.5. The Kier molecular flexibility index (Phi) is 5.36. The number of nitrogens with zero attached hydrogens (tertiary/aromatic N) is 3. The maximum absolute atomic E-state index is 12.7. The van der Waals surface area contributed by atoms with E-state index in [2.05, 4.69) is 15.5 Å². The monoisotopic (exact) mass is 350 g/mol. The summed E-state index contributed by atoms with van der Waals surface area (Å²) in [7, 11) is 1.72. The first kappa shape index (κ1) is 17.8. The highest BCUT2D eigenvalue weighted by molar-refractivity contribution is 5.89. The molecule has 2 aliphatic rings. The second-order valence-electron chi connectivity index (χ2n) is 7.26. The minimum absolute atomic E-state index is 0.00245. The lowest BCUT2D eigenvalue weighted by Gasteiger charge is -2.29. The summed E-state index contributed by atoms with van der Waals surface area (Å²) in [6.07, 6.45) is 1.91. The lowest BCUT2D eigenvalue weighted by atomic mass is 9.91. The number of hydrogen-bond acceptors (Lipinski definition) is 6. The van der Waals surface area contributed by atoms with Gasteiger partial charge in [0.15, 0.2) is 5.82 Å². The molecule has 0 aromatic carbocycles. The number of amides is 2. The van der Waals surface area contributed by atoms with Crippen LogP contribution in [0.4, 0.5) is 0 Å². The predicted octanol–water partition coefficient (Wildman–Crippen LogP) is 1.26. The highest BCUT2D eigenvalue weighted by Gasteiger charge is 2.37. The molecule has 2 fully saturated rings. The van der Waals surface area contributed by atoms with Crippen molar-refractivity contribution in [2.75, 3.05) is 26.8 Å². The van der Waals surface area contributed by atoms with Gasteiger partial charge in [-0.3, -0.25) is 9.59 Å². The van der Waals surface area contributed by atoms with Gasteiger partial charge in [0, 0.05) is 39.1 Å². The molecule has 1 aromatic rings. The lowest BCUT2D eigenvalue weighted by molar-refractivity contribution is -0.129. The molecule has 0 bridgehead atoms. The van der Waals surface area contributed by atoms with Gasteiger partial charge in [-0.05, 0) is 18.8 Å². The lowest BCUT2D eigenvalue weighted by Crippen LogP contribution is -2.40. The molecule has 0 spiro atoms. The van der Waals surface area contributed by atoms with Gasteiger partial charge in [-0.25, -0.2) is 0 Å². The fourth-order valence-electron chi connectivity index (χ4n) is 3.35. The molecule has 0 radical (unpaired) electrons. The van der Waals surface area contributed by atoms with E-state index in [9.17, 15) is 9.59 Å². The Morgan fingerprint density at radius 1 is 1.32 bits per heavy atom. The Bertz CT molecular complexity index is 624. The van der Waals surface area contributed by atoms with E-state index in [0.29, 0.717) is 31.5 Å². The Morgan fingerprint density at radius 2 is 2.04 bits per heavy atom. The third-order valence-corrected chi connectivity index (χ3v) is 4.99. The maximum atomic E-state index is 12.7. The van der Waals surface area contributed by atoms with Crippen molar-refractivity contribution in [3.63, 3.8) is 0 Å². The molecule has 8 nitrogen and oxygen atoms in total. The summed E-state index contributed by atoms with van der Waals surface area (Å²) in [6, 6.07) is -0.336. The van der Waals surface area contributed by atoms with Gasteiger partial charge < -0.3 is 19.5 Å². The van der Waals surface area contributed by atoms with E-state index in [0.717, 1.165) is 12.8 Å². The molecular weight excluding hydrogens is 324 g/mol. The number of carbonyl (C=O) groups excluding carboxylic acids is 2. The van der Waals surface area contributed by atoms with E-state index in [-0.39, 0.29) is 42.0 Å². The second kappa shape index (κ2) is 7.51. The van der Waals surface area contributed by atoms with E-state index < -0.39 is 0 Å². The Balaban J connectivity index is 1.76. The molecule has 25 heavy (non-hydrogen) atoms. The minimum atomic E-state index is -0.336. The standard InChI is InChI=1S/C17H26N4O4/c1-10(2)15-19-17(25-20-15)14(11-4-6-24-7-5-11)18-16(23)12-8-13(22)21(3)9-12/h10-12,14H,4-9H2,1-3H3,(H,18,23). The molecule has 1 aromatic heterocycles. The smallest absolute Gasteiger partial charge is 0.249 e. The summed E-state index contributed by atoms with van der Waals surface area (Å²) in [6.45, 7) is 5.76. The molecular formula is C17H26N4O4. The summed E-state index contributed by atoms with van der Waals surface area (Å²) in [5, 5.41) is 7.10. The maximum Gasteiger partial charge on any atom is 0.249 e. The van der Waals surface area contributed by atoms with Crippen LogP contribution in [-0.2, 0) is 14.3 Å². The summed E-state index contributed by atoms with van der Waals surface area (Å²) >= 11 is 0. The van der Waals surface area contributed by atoms with Crippen molar-refractivity contribution in [1.82, 2.24) is 20.4 Å². The Labute approximate surface area is 147 Å². The van der Waals surface area contributed by atoms with Crippen molar-refractivity contribution >= 4 is 11.8 Å². The van der Waals surface area contributed by atoms with Crippen molar-refractivity contribution in [3.8, 4) is 0 Å². The zero-order valence-electron chi connectivity index (χ0n) is 15.0. The molecule has 2 unspecified atom stereocenters. The van der Waals surface area contributed by atoms with Crippen LogP contribution in [0.25, 0.3) is 0 Å². The minimum Gasteiger partial charge on any atom is -0.381 e. The third kappa shape index (κ3) is 4.00. The van der Waals surface area contributed by atoms with Crippen molar-refractivity contribution in [2.45, 2.75) is 45.1 Å². The summed E-state index contributed by atoms with van der Waals surface area (Å²) in [5.74, 6) is 0.977. The van der Waals surface area contributed by atoms with Crippen LogP contribution < -0.4 is 5.32 Å². The van der Waals surface area contributed by atoms with Gasteiger partial charge in [0.2, 0.25) is 17.7 Å². The molecule has 2 aliphatic heterocycles. The number of carbonyl (C=O) groups is 2. The third-order valence-electron chi connectivity index (χ3n) is 4.99. The number of ether oxygens (including phenoxy) is 1. The van der Waals surface area contributed by atoms with Crippen molar-refractivity contribution < 1.29 is 18.8 Å². The number of aromatic nitrogens is 2. The van der Waals surface area contributed by atoms with Gasteiger partial charge in [0.25, 0.3) is 0 Å². The predicted molar refractivity (Wildman–Crippen MR) is 88.6 cm³/mol. The Morgan fingerprint density at radius 3 is 2.60 bits per heavy atom. The summed E-state index contributed by atoms with van der Waals surface area (Å²) in [5.41, 5.74) is 0. The van der Waals surface area contributed by atoms with E-state index in [1.54, 1.807) is 11.9 Å². The zero-order chi connectivity index (χ0) is 18.0. The molecule has 138 valence electrons. The topological polar surface area (TPSA) is 97.6 Å². The first-order valence-corrected chi connectivity index (χ1v) is 8.91. The number of rotatable bonds is 5. The van der Waals surface area contributed by atoms with Crippen LogP contribution in [0.15, 0.2) is 4.52 Å². The average Bonchev–Trinajstić information content (AvgIpc) is 3.21. The van der Waals surface area contributed by atoms with Crippen LogP contribution >= 0.6 is 0 Å².